The Bertz CT molecular complexity index is 1090. The monoisotopic (exact) mass is 404 g/mol. The van der Waals surface area contributed by atoms with Gasteiger partial charge in [0.15, 0.2) is 0 Å². The van der Waals surface area contributed by atoms with Crippen molar-refractivity contribution < 1.29 is 19.2 Å². The average molecular weight is 404 g/mol. The van der Waals surface area contributed by atoms with E-state index in [1.54, 1.807) is 24.3 Å². The van der Waals surface area contributed by atoms with Gasteiger partial charge in [-0.25, -0.2) is 0 Å². The van der Waals surface area contributed by atoms with E-state index in [1.807, 2.05) is 30.3 Å². The summed E-state index contributed by atoms with van der Waals surface area (Å²) in [6.45, 7) is 0.119. The second-order valence-electron chi connectivity index (χ2n) is 7.98. The van der Waals surface area contributed by atoms with Crippen molar-refractivity contribution >= 4 is 29.3 Å². The molecule has 0 aliphatic carbocycles. The molecule has 0 bridgehead atoms. The average Bonchev–Trinajstić information content (AvgIpc) is 3.29. The van der Waals surface area contributed by atoms with E-state index in [-0.39, 0.29) is 18.9 Å². The number of imide groups is 1. The Hall–Kier alpha value is -3.52. The number of amides is 4. The Balaban J connectivity index is 1.61. The first-order valence-corrected chi connectivity index (χ1v) is 9.79. The number of para-hydroxylation sites is 1. The lowest BCUT2D eigenvalue weighted by Gasteiger charge is -2.29. The van der Waals surface area contributed by atoms with E-state index in [4.69, 9.17) is 5.73 Å². The summed E-state index contributed by atoms with van der Waals surface area (Å²) >= 11 is 0. The summed E-state index contributed by atoms with van der Waals surface area (Å²) in [5, 5.41) is 5.99. The number of hydrogen-bond donors (Lipinski definition) is 3. The van der Waals surface area contributed by atoms with Crippen LogP contribution in [0.5, 0.6) is 0 Å². The lowest BCUT2D eigenvalue weighted by Crippen LogP contribution is -2.53. The van der Waals surface area contributed by atoms with E-state index in [2.05, 4.69) is 10.6 Å². The highest BCUT2D eigenvalue weighted by molar-refractivity contribution is 6.15. The van der Waals surface area contributed by atoms with E-state index in [9.17, 15) is 19.2 Å². The summed E-state index contributed by atoms with van der Waals surface area (Å²) in [7, 11) is 0. The fraction of sp³-hybridized carbons (Fsp3) is 0.273. The first kappa shape index (κ1) is 18.5. The van der Waals surface area contributed by atoms with Gasteiger partial charge < -0.3 is 11.1 Å². The summed E-state index contributed by atoms with van der Waals surface area (Å²) in [4.78, 5) is 52.9. The first-order chi connectivity index (χ1) is 14.4. The molecule has 4 N–H and O–H groups in total. The molecule has 2 saturated heterocycles. The molecule has 2 aromatic rings. The number of nitrogens with two attached hydrogens (primary N) is 1. The van der Waals surface area contributed by atoms with Crippen molar-refractivity contribution in [1.29, 1.82) is 0 Å². The van der Waals surface area contributed by atoms with Crippen LogP contribution < -0.4 is 16.4 Å². The van der Waals surface area contributed by atoms with Crippen LogP contribution in [-0.2, 0) is 31.3 Å². The highest BCUT2D eigenvalue weighted by Crippen LogP contribution is 2.53. The molecular formula is C22H20N4O4. The molecule has 3 heterocycles. The molecule has 0 saturated carbocycles. The third kappa shape index (κ3) is 2.43. The minimum Gasteiger partial charge on any atom is -0.370 e. The second-order valence-corrected chi connectivity index (χ2v) is 7.98. The molecule has 30 heavy (non-hydrogen) atoms. The third-order valence-electron chi connectivity index (χ3n) is 6.32. The molecule has 4 atom stereocenters. The molecule has 3 aliphatic rings. The summed E-state index contributed by atoms with van der Waals surface area (Å²) in [6, 6.07) is 15.6. The Morgan fingerprint density at radius 3 is 2.43 bits per heavy atom. The van der Waals surface area contributed by atoms with Gasteiger partial charge in [0.05, 0.1) is 18.4 Å². The number of anilines is 1. The van der Waals surface area contributed by atoms with E-state index < -0.39 is 41.1 Å². The summed E-state index contributed by atoms with van der Waals surface area (Å²) in [5.74, 6) is -3.58. The predicted molar refractivity (Wildman–Crippen MR) is 106 cm³/mol. The zero-order valence-electron chi connectivity index (χ0n) is 16.0. The molecule has 8 nitrogen and oxygen atoms in total. The minimum atomic E-state index is -1.40. The molecule has 8 heteroatoms. The van der Waals surface area contributed by atoms with Gasteiger partial charge >= 0.3 is 0 Å². The van der Waals surface area contributed by atoms with Gasteiger partial charge in [0.25, 0.3) is 0 Å². The van der Waals surface area contributed by atoms with Crippen molar-refractivity contribution in [3.05, 3.63) is 65.7 Å². The van der Waals surface area contributed by atoms with Crippen LogP contribution in [0.4, 0.5) is 5.69 Å². The number of hydrogen-bond acceptors (Lipinski definition) is 5. The molecule has 3 aliphatic heterocycles. The summed E-state index contributed by atoms with van der Waals surface area (Å²) in [5.41, 5.74) is 6.03. The maximum absolute atomic E-state index is 13.5. The second kappa shape index (κ2) is 6.50. The number of nitrogens with zero attached hydrogens (tertiary/aromatic N) is 1. The highest BCUT2D eigenvalue weighted by atomic mass is 16.2. The van der Waals surface area contributed by atoms with Gasteiger partial charge in [-0.05, 0) is 11.6 Å². The Labute approximate surface area is 172 Å². The fourth-order valence-corrected chi connectivity index (χ4v) is 5.13. The maximum Gasteiger partial charge on any atom is 0.250 e. The molecule has 0 radical (unpaired) electrons. The van der Waals surface area contributed by atoms with Crippen molar-refractivity contribution in [2.45, 2.75) is 24.5 Å². The van der Waals surface area contributed by atoms with Gasteiger partial charge in [-0.2, -0.15) is 0 Å². The van der Waals surface area contributed by atoms with Gasteiger partial charge in [0.2, 0.25) is 23.6 Å². The van der Waals surface area contributed by atoms with E-state index in [1.165, 1.54) is 4.90 Å². The standard InChI is InChI=1S/C22H20N4O4/c23-16(27)10-15-17-18(20(29)26(19(17)28)11-12-6-2-1-3-7-12)22(25-15)13-8-4-5-9-14(13)24-21(22)30/h1-9,15,17-18,25H,10-11H2,(H2,23,27)(H,24,30)/t15-,17+,18-,22-/m0/s1. The van der Waals surface area contributed by atoms with Crippen molar-refractivity contribution in [2.24, 2.45) is 17.6 Å². The van der Waals surface area contributed by atoms with Crippen LogP contribution in [0.2, 0.25) is 0 Å². The lowest BCUT2D eigenvalue weighted by atomic mass is 9.76. The number of carbonyl (C=O) groups is 4. The Morgan fingerprint density at radius 1 is 1.00 bits per heavy atom. The number of primary amides is 1. The van der Waals surface area contributed by atoms with Gasteiger partial charge in [-0.15, -0.1) is 0 Å². The van der Waals surface area contributed by atoms with Crippen LogP contribution in [-0.4, -0.2) is 34.6 Å². The maximum atomic E-state index is 13.5. The number of benzene rings is 2. The number of rotatable bonds is 4. The van der Waals surface area contributed by atoms with Crippen LogP contribution in [0, 0.1) is 11.8 Å². The first-order valence-electron chi connectivity index (χ1n) is 9.79. The predicted octanol–water partition coefficient (Wildman–Crippen LogP) is 0.483. The normalized spacial score (nSPS) is 29.3. The van der Waals surface area contributed by atoms with Crippen molar-refractivity contribution in [3.8, 4) is 0 Å². The summed E-state index contributed by atoms with van der Waals surface area (Å²) in [6.07, 6.45) is -0.142. The molecule has 2 fully saturated rings. The highest BCUT2D eigenvalue weighted by Gasteiger charge is 2.70. The molecular weight excluding hydrogens is 384 g/mol. The van der Waals surface area contributed by atoms with Gasteiger partial charge in [0.1, 0.15) is 5.54 Å². The van der Waals surface area contributed by atoms with Crippen LogP contribution in [0.25, 0.3) is 0 Å². The summed E-state index contributed by atoms with van der Waals surface area (Å²) < 4.78 is 0. The SMILES string of the molecule is NC(=O)C[C@@H]1N[C@]2(C(=O)Nc3ccccc32)[C@@H]2C(=O)N(Cc3ccccc3)C(=O)[C@H]12. The fourth-order valence-electron chi connectivity index (χ4n) is 5.13. The van der Waals surface area contributed by atoms with Crippen LogP contribution >= 0.6 is 0 Å². The van der Waals surface area contributed by atoms with E-state index in [0.29, 0.717) is 11.3 Å². The number of nitrogens with one attached hydrogen (secondary N) is 2. The molecule has 4 amide bonds. The van der Waals surface area contributed by atoms with Crippen molar-refractivity contribution in [3.63, 3.8) is 0 Å². The number of likely N-dealkylation sites (tertiary alicyclic amines) is 1. The lowest BCUT2D eigenvalue weighted by molar-refractivity contribution is -0.143. The van der Waals surface area contributed by atoms with Crippen LogP contribution in [0.3, 0.4) is 0 Å². The van der Waals surface area contributed by atoms with Gasteiger partial charge in [0, 0.05) is 23.7 Å². The van der Waals surface area contributed by atoms with Gasteiger partial charge in [-0.1, -0.05) is 48.5 Å². The topological polar surface area (TPSA) is 122 Å². The zero-order valence-corrected chi connectivity index (χ0v) is 16.0. The minimum absolute atomic E-state index is 0.119. The number of carbonyl (C=O) groups excluding carboxylic acids is 4. The quantitative estimate of drug-likeness (QED) is 0.640. The van der Waals surface area contributed by atoms with Crippen molar-refractivity contribution in [1.82, 2.24) is 10.2 Å². The van der Waals surface area contributed by atoms with Crippen molar-refractivity contribution in [2.75, 3.05) is 5.32 Å². The molecule has 5 rings (SSSR count). The molecule has 0 aromatic heterocycles. The van der Waals surface area contributed by atoms with E-state index >= 15 is 0 Å². The zero-order chi connectivity index (χ0) is 21.0. The smallest absolute Gasteiger partial charge is 0.250 e. The molecule has 152 valence electrons. The Morgan fingerprint density at radius 2 is 1.70 bits per heavy atom. The third-order valence-corrected chi connectivity index (χ3v) is 6.32. The molecule has 1 spiro atoms. The van der Waals surface area contributed by atoms with E-state index in [0.717, 1.165) is 5.56 Å². The van der Waals surface area contributed by atoms with Crippen LogP contribution in [0.1, 0.15) is 17.5 Å². The largest absolute Gasteiger partial charge is 0.370 e. The molecule has 0 unspecified atom stereocenters. The Kier molecular flexibility index (Phi) is 4.01. The van der Waals surface area contributed by atoms with Crippen LogP contribution in [0.15, 0.2) is 54.6 Å². The number of fused-ring (bicyclic) bond motifs is 4. The van der Waals surface area contributed by atoms with Gasteiger partial charge in [-0.3, -0.25) is 29.4 Å². The molecule has 2 aromatic carbocycles.